The fourth-order valence-electron chi connectivity index (χ4n) is 1.58. The summed E-state index contributed by atoms with van der Waals surface area (Å²) in [6.07, 6.45) is 1.000. The normalized spacial score (nSPS) is 12.5. The Morgan fingerprint density at radius 3 is 2.47 bits per heavy atom. The van der Waals surface area contributed by atoms with Gasteiger partial charge in [-0.2, -0.15) is 0 Å². The molecule has 0 fully saturated rings. The van der Waals surface area contributed by atoms with Crippen LogP contribution < -0.4 is 0 Å². The maximum Gasteiger partial charge on any atom is 0.272 e. The van der Waals surface area contributed by atoms with Crippen LogP contribution in [0.25, 0.3) is 0 Å². The van der Waals surface area contributed by atoms with Crippen molar-refractivity contribution < 1.29 is 4.92 Å². The molecule has 1 aromatic rings. The van der Waals surface area contributed by atoms with Gasteiger partial charge in [-0.3, -0.25) is 10.1 Å². The van der Waals surface area contributed by atoms with E-state index in [1.54, 1.807) is 13.0 Å². The van der Waals surface area contributed by atoms with Crippen molar-refractivity contribution in [2.24, 2.45) is 0 Å². The van der Waals surface area contributed by atoms with E-state index < -0.39 is 0 Å². The largest absolute Gasteiger partial charge is 0.272 e. The Kier molecular flexibility index (Phi) is 3.45. The number of hydrogen-bond acceptors (Lipinski definition) is 2. The summed E-state index contributed by atoms with van der Waals surface area (Å²) in [5.74, 6) is 0.378. The molecule has 0 bridgehead atoms. The van der Waals surface area contributed by atoms with Crippen LogP contribution in [-0.2, 0) is 0 Å². The zero-order valence-corrected chi connectivity index (χ0v) is 9.70. The van der Waals surface area contributed by atoms with E-state index in [1.165, 1.54) is 0 Å². The van der Waals surface area contributed by atoms with E-state index in [-0.39, 0.29) is 10.6 Å². The van der Waals surface area contributed by atoms with E-state index in [4.69, 9.17) is 0 Å². The Morgan fingerprint density at radius 2 is 2.00 bits per heavy atom. The van der Waals surface area contributed by atoms with Crippen LogP contribution in [0.5, 0.6) is 0 Å². The molecule has 0 aliphatic heterocycles. The lowest BCUT2D eigenvalue weighted by Gasteiger charge is -2.11. The van der Waals surface area contributed by atoms with E-state index in [0.29, 0.717) is 5.92 Å². The zero-order chi connectivity index (χ0) is 11.6. The second-order valence-electron chi connectivity index (χ2n) is 4.05. The summed E-state index contributed by atoms with van der Waals surface area (Å²) in [7, 11) is 0. The first-order chi connectivity index (χ1) is 6.97. The minimum atomic E-state index is -0.297. The number of aryl methyl sites for hydroxylation is 1. The molecule has 15 heavy (non-hydrogen) atoms. The molecule has 3 heteroatoms. The monoisotopic (exact) mass is 207 g/mol. The molecule has 0 spiro atoms. The van der Waals surface area contributed by atoms with Crippen LogP contribution in [0.4, 0.5) is 5.69 Å². The Morgan fingerprint density at radius 1 is 1.40 bits per heavy atom. The molecule has 0 saturated carbocycles. The van der Waals surface area contributed by atoms with Crippen LogP contribution >= 0.6 is 0 Å². The number of nitro groups is 1. The predicted molar refractivity (Wildman–Crippen MR) is 61.3 cm³/mol. The van der Waals surface area contributed by atoms with Gasteiger partial charge in [0.15, 0.2) is 0 Å². The molecular formula is C12H17NO2. The first kappa shape index (κ1) is 11.7. The van der Waals surface area contributed by atoms with Crippen LogP contribution in [0.15, 0.2) is 12.1 Å². The first-order valence-corrected chi connectivity index (χ1v) is 5.22. The number of rotatable bonds is 3. The van der Waals surface area contributed by atoms with Gasteiger partial charge in [-0.15, -0.1) is 0 Å². The van der Waals surface area contributed by atoms with Crippen molar-refractivity contribution in [3.63, 3.8) is 0 Å². The van der Waals surface area contributed by atoms with Crippen LogP contribution in [-0.4, -0.2) is 4.92 Å². The maximum atomic E-state index is 10.8. The summed E-state index contributed by atoms with van der Waals surface area (Å²) in [6, 6.07) is 3.76. The first-order valence-electron chi connectivity index (χ1n) is 5.22. The van der Waals surface area contributed by atoms with Gasteiger partial charge in [0, 0.05) is 11.6 Å². The minimum absolute atomic E-state index is 0.241. The number of hydrogen-bond donors (Lipinski definition) is 0. The lowest BCUT2D eigenvalue weighted by molar-refractivity contribution is -0.385. The highest BCUT2D eigenvalue weighted by atomic mass is 16.6. The lowest BCUT2D eigenvalue weighted by atomic mass is 9.94. The van der Waals surface area contributed by atoms with Gasteiger partial charge < -0.3 is 0 Å². The maximum absolute atomic E-state index is 10.8. The molecule has 0 heterocycles. The third-order valence-electron chi connectivity index (χ3n) is 3.04. The Labute approximate surface area is 90.3 Å². The summed E-state index contributed by atoms with van der Waals surface area (Å²) in [5, 5.41) is 10.8. The van der Waals surface area contributed by atoms with Crippen molar-refractivity contribution >= 4 is 5.69 Å². The molecule has 0 aromatic heterocycles. The Bertz CT molecular complexity index is 385. The molecule has 1 rings (SSSR count). The number of benzene rings is 1. The molecular weight excluding hydrogens is 190 g/mol. The van der Waals surface area contributed by atoms with Gasteiger partial charge in [0.1, 0.15) is 0 Å². The molecule has 1 aromatic carbocycles. The second-order valence-corrected chi connectivity index (χ2v) is 4.05. The highest BCUT2D eigenvalue weighted by Crippen LogP contribution is 2.28. The van der Waals surface area contributed by atoms with E-state index >= 15 is 0 Å². The Hall–Kier alpha value is -1.38. The van der Waals surface area contributed by atoms with E-state index in [1.807, 2.05) is 6.92 Å². The highest BCUT2D eigenvalue weighted by molar-refractivity contribution is 5.48. The quantitative estimate of drug-likeness (QED) is 0.560. The van der Waals surface area contributed by atoms with E-state index in [9.17, 15) is 10.1 Å². The van der Waals surface area contributed by atoms with Gasteiger partial charge in [-0.25, -0.2) is 0 Å². The van der Waals surface area contributed by atoms with E-state index in [2.05, 4.69) is 19.9 Å². The summed E-state index contributed by atoms with van der Waals surface area (Å²) >= 11 is 0. The van der Waals surface area contributed by atoms with Crippen LogP contribution in [0.1, 0.15) is 42.9 Å². The average molecular weight is 207 g/mol. The lowest BCUT2D eigenvalue weighted by Crippen LogP contribution is -1.99. The minimum Gasteiger partial charge on any atom is -0.258 e. The van der Waals surface area contributed by atoms with Crippen molar-refractivity contribution in [2.75, 3.05) is 0 Å². The van der Waals surface area contributed by atoms with Gasteiger partial charge in [0.25, 0.3) is 5.69 Å². The van der Waals surface area contributed by atoms with Gasteiger partial charge in [-0.05, 0) is 37.3 Å². The predicted octanol–water partition coefficient (Wildman–Crippen LogP) is 3.73. The summed E-state index contributed by atoms with van der Waals surface area (Å²) in [5.41, 5.74) is 3.07. The van der Waals surface area contributed by atoms with Crippen molar-refractivity contribution in [1.82, 2.24) is 0 Å². The van der Waals surface area contributed by atoms with Gasteiger partial charge in [0.05, 0.1) is 4.92 Å². The van der Waals surface area contributed by atoms with Crippen molar-refractivity contribution in [2.45, 2.75) is 40.0 Å². The van der Waals surface area contributed by atoms with Crippen LogP contribution in [0, 0.1) is 24.0 Å². The molecule has 0 amide bonds. The third kappa shape index (κ3) is 2.35. The summed E-state index contributed by atoms with van der Waals surface area (Å²) in [6.45, 7) is 7.90. The topological polar surface area (TPSA) is 43.1 Å². The molecule has 0 N–H and O–H groups in total. The molecule has 0 aliphatic carbocycles. The molecule has 3 nitrogen and oxygen atoms in total. The molecule has 0 saturated heterocycles. The van der Waals surface area contributed by atoms with Gasteiger partial charge >= 0.3 is 0 Å². The Balaban J connectivity index is 3.29. The SMILES string of the molecule is CCC(C)c1cc(C)c(C)c([N+](=O)[O-])c1. The highest BCUT2D eigenvalue weighted by Gasteiger charge is 2.15. The van der Waals surface area contributed by atoms with Crippen molar-refractivity contribution in [1.29, 1.82) is 0 Å². The van der Waals surface area contributed by atoms with Crippen molar-refractivity contribution in [3.8, 4) is 0 Å². The standard InChI is InChI=1S/C12H17NO2/c1-5-8(2)11-6-9(3)10(4)12(7-11)13(14)15/h6-8H,5H2,1-4H3. The average Bonchev–Trinajstić information content (AvgIpc) is 2.20. The fraction of sp³-hybridized carbons (Fsp3) is 0.500. The smallest absolute Gasteiger partial charge is 0.258 e. The molecule has 1 unspecified atom stereocenters. The fourth-order valence-corrected chi connectivity index (χ4v) is 1.58. The molecule has 0 radical (unpaired) electrons. The van der Waals surface area contributed by atoms with Crippen LogP contribution in [0.3, 0.4) is 0 Å². The second kappa shape index (κ2) is 4.43. The number of nitro benzene ring substituents is 1. The summed E-state index contributed by atoms with van der Waals surface area (Å²) < 4.78 is 0. The van der Waals surface area contributed by atoms with E-state index in [0.717, 1.165) is 23.1 Å². The zero-order valence-electron chi connectivity index (χ0n) is 9.70. The molecule has 1 atom stereocenters. The van der Waals surface area contributed by atoms with Crippen LogP contribution in [0.2, 0.25) is 0 Å². The molecule has 0 aliphatic rings. The molecule has 82 valence electrons. The third-order valence-corrected chi connectivity index (χ3v) is 3.04. The van der Waals surface area contributed by atoms with Gasteiger partial charge in [0.2, 0.25) is 0 Å². The summed E-state index contributed by atoms with van der Waals surface area (Å²) in [4.78, 5) is 10.5. The number of nitrogens with zero attached hydrogens (tertiary/aromatic N) is 1. The van der Waals surface area contributed by atoms with Gasteiger partial charge in [-0.1, -0.05) is 19.9 Å². The van der Waals surface area contributed by atoms with Crippen molar-refractivity contribution in [3.05, 3.63) is 38.9 Å².